The number of rotatable bonds is 7. The van der Waals surface area contributed by atoms with Crippen LogP contribution in [0.5, 0.6) is 5.75 Å². The molecular formula is C14H24N2O. The summed E-state index contributed by atoms with van der Waals surface area (Å²) in [7, 11) is 3.86. The lowest BCUT2D eigenvalue weighted by molar-refractivity contribution is 0.335. The lowest BCUT2D eigenvalue weighted by atomic mass is 10.1. The first-order valence-electron chi connectivity index (χ1n) is 6.19. The van der Waals surface area contributed by atoms with Gasteiger partial charge in [0.2, 0.25) is 0 Å². The predicted octanol–water partition coefficient (Wildman–Crippen LogP) is 1.83. The molecule has 0 atom stereocenters. The summed E-state index contributed by atoms with van der Waals surface area (Å²) in [5.74, 6) is 0.963. The maximum absolute atomic E-state index is 5.50. The molecule has 0 saturated carbocycles. The van der Waals surface area contributed by atoms with Crippen LogP contribution in [0, 0.1) is 6.92 Å². The maximum Gasteiger partial charge on any atom is 0.121 e. The van der Waals surface area contributed by atoms with Crippen molar-refractivity contribution in [2.75, 3.05) is 33.8 Å². The maximum atomic E-state index is 5.50. The molecule has 0 aromatic heterocycles. The Kier molecular flexibility index (Phi) is 6.01. The molecule has 0 radical (unpaired) electrons. The fraction of sp³-hybridized carbons (Fsp3) is 0.571. The Hall–Kier alpha value is -1.06. The second kappa shape index (κ2) is 7.30. The van der Waals surface area contributed by atoms with E-state index in [9.17, 15) is 0 Å². The molecule has 0 spiro atoms. The van der Waals surface area contributed by atoms with Gasteiger partial charge in [-0.1, -0.05) is 12.1 Å². The van der Waals surface area contributed by atoms with Crippen LogP contribution in [0.4, 0.5) is 0 Å². The quantitative estimate of drug-likeness (QED) is 0.785. The molecule has 1 rings (SSSR count). The molecule has 1 aromatic rings. The normalized spacial score (nSPS) is 10.9. The number of ether oxygens (including phenoxy) is 1. The van der Waals surface area contributed by atoms with E-state index >= 15 is 0 Å². The van der Waals surface area contributed by atoms with Crippen molar-refractivity contribution in [3.05, 3.63) is 29.3 Å². The van der Waals surface area contributed by atoms with Gasteiger partial charge in [-0.15, -0.1) is 0 Å². The van der Waals surface area contributed by atoms with E-state index in [2.05, 4.69) is 31.0 Å². The summed E-state index contributed by atoms with van der Waals surface area (Å²) in [6.45, 7) is 5.00. The van der Waals surface area contributed by atoms with Crippen molar-refractivity contribution in [2.24, 2.45) is 5.73 Å². The Bertz CT molecular complexity index is 339. The third-order valence-corrected chi connectivity index (χ3v) is 2.99. The van der Waals surface area contributed by atoms with Gasteiger partial charge in [-0.05, 0) is 57.1 Å². The lowest BCUT2D eigenvalue weighted by Gasteiger charge is -2.16. The molecule has 96 valence electrons. The van der Waals surface area contributed by atoms with E-state index in [0.29, 0.717) is 0 Å². The highest BCUT2D eigenvalue weighted by Crippen LogP contribution is 2.18. The van der Waals surface area contributed by atoms with Crippen LogP contribution in [0.25, 0.3) is 0 Å². The minimum Gasteiger partial charge on any atom is -0.496 e. The van der Waals surface area contributed by atoms with Gasteiger partial charge >= 0.3 is 0 Å². The molecule has 0 saturated heterocycles. The van der Waals surface area contributed by atoms with Crippen LogP contribution in [-0.2, 0) is 6.42 Å². The first kappa shape index (κ1) is 14.0. The highest BCUT2D eigenvalue weighted by molar-refractivity contribution is 5.36. The molecule has 0 amide bonds. The molecule has 17 heavy (non-hydrogen) atoms. The Morgan fingerprint density at radius 3 is 2.65 bits per heavy atom. The van der Waals surface area contributed by atoms with E-state index in [4.69, 9.17) is 10.5 Å². The molecule has 3 nitrogen and oxygen atoms in total. The van der Waals surface area contributed by atoms with Gasteiger partial charge in [-0.2, -0.15) is 0 Å². The van der Waals surface area contributed by atoms with Crippen LogP contribution < -0.4 is 10.5 Å². The zero-order valence-electron chi connectivity index (χ0n) is 11.2. The first-order valence-corrected chi connectivity index (χ1v) is 6.19. The standard InChI is InChI=1S/C14H24N2O/c1-12-11-13(5-6-14(12)17-3)7-10-16(2)9-4-8-15/h5-6,11H,4,7-10,15H2,1-3H3. The molecule has 0 fully saturated rings. The lowest BCUT2D eigenvalue weighted by Crippen LogP contribution is -2.24. The zero-order valence-corrected chi connectivity index (χ0v) is 11.2. The van der Waals surface area contributed by atoms with Crippen molar-refractivity contribution >= 4 is 0 Å². The highest BCUT2D eigenvalue weighted by atomic mass is 16.5. The summed E-state index contributed by atoms with van der Waals surface area (Å²) in [6, 6.07) is 6.39. The average Bonchev–Trinajstić information content (AvgIpc) is 2.34. The number of methoxy groups -OCH3 is 1. The Labute approximate surface area is 105 Å². The molecule has 0 heterocycles. The second-order valence-electron chi connectivity index (χ2n) is 4.50. The molecule has 0 aliphatic rings. The summed E-state index contributed by atoms with van der Waals surface area (Å²) >= 11 is 0. The van der Waals surface area contributed by atoms with E-state index in [1.807, 2.05) is 6.07 Å². The number of hydrogen-bond donors (Lipinski definition) is 1. The summed E-state index contributed by atoms with van der Waals surface area (Å²) in [5, 5.41) is 0. The number of likely N-dealkylation sites (N-methyl/N-ethyl adjacent to an activating group) is 1. The van der Waals surface area contributed by atoms with Crippen LogP contribution in [0.15, 0.2) is 18.2 Å². The zero-order chi connectivity index (χ0) is 12.7. The van der Waals surface area contributed by atoms with Gasteiger partial charge < -0.3 is 15.4 Å². The summed E-state index contributed by atoms with van der Waals surface area (Å²) in [6.07, 6.45) is 2.14. The van der Waals surface area contributed by atoms with Crippen LogP contribution in [0.2, 0.25) is 0 Å². The molecule has 0 aliphatic heterocycles. The number of hydrogen-bond acceptors (Lipinski definition) is 3. The molecule has 3 heteroatoms. The van der Waals surface area contributed by atoms with E-state index in [0.717, 1.165) is 38.2 Å². The monoisotopic (exact) mass is 236 g/mol. The third-order valence-electron chi connectivity index (χ3n) is 2.99. The summed E-state index contributed by atoms with van der Waals surface area (Å²) in [4.78, 5) is 2.33. The van der Waals surface area contributed by atoms with Gasteiger partial charge in [0.1, 0.15) is 5.75 Å². The van der Waals surface area contributed by atoms with Crippen LogP contribution in [-0.4, -0.2) is 38.7 Å². The smallest absolute Gasteiger partial charge is 0.121 e. The van der Waals surface area contributed by atoms with Crippen molar-refractivity contribution in [1.29, 1.82) is 0 Å². The number of nitrogens with zero attached hydrogens (tertiary/aromatic N) is 1. The van der Waals surface area contributed by atoms with Crippen molar-refractivity contribution in [1.82, 2.24) is 4.90 Å². The Morgan fingerprint density at radius 2 is 2.06 bits per heavy atom. The Balaban J connectivity index is 2.44. The largest absolute Gasteiger partial charge is 0.496 e. The SMILES string of the molecule is COc1ccc(CCN(C)CCCN)cc1C. The minimum absolute atomic E-state index is 0.770. The number of aryl methyl sites for hydroxylation is 1. The van der Waals surface area contributed by atoms with Gasteiger partial charge in [0.05, 0.1) is 7.11 Å². The van der Waals surface area contributed by atoms with Crippen molar-refractivity contribution < 1.29 is 4.74 Å². The van der Waals surface area contributed by atoms with E-state index in [1.54, 1.807) is 7.11 Å². The molecule has 0 aliphatic carbocycles. The fourth-order valence-electron chi connectivity index (χ4n) is 1.89. The summed E-state index contributed by atoms with van der Waals surface area (Å²) < 4.78 is 5.25. The molecule has 0 bridgehead atoms. The first-order chi connectivity index (χ1) is 8.17. The topological polar surface area (TPSA) is 38.5 Å². The molecular weight excluding hydrogens is 212 g/mol. The van der Waals surface area contributed by atoms with E-state index in [-0.39, 0.29) is 0 Å². The van der Waals surface area contributed by atoms with Gasteiger partial charge in [-0.25, -0.2) is 0 Å². The Morgan fingerprint density at radius 1 is 1.29 bits per heavy atom. The molecule has 1 aromatic carbocycles. The minimum atomic E-state index is 0.770. The number of nitrogens with two attached hydrogens (primary N) is 1. The predicted molar refractivity (Wildman–Crippen MR) is 72.6 cm³/mol. The van der Waals surface area contributed by atoms with Crippen molar-refractivity contribution in [2.45, 2.75) is 19.8 Å². The van der Waals surface area contributed by atoms with Crippen LogP contribution in [0.3, 0.4) is 0 Å². The van der Waals surface area contributed by atoms with Crippen molar-refractivity contribution in [3.63, 3.8) is 0 Å². The highest BCUT2D eigenvalue weighted by Gasteiger charge is 2.02. The third kappa shape index (κ3) is 4.75. The van der Waals surface area contributed by atoms with Crippen molar-refractivity contribution in [3.8, 4) is 5.75 Å². The van der Waals surface area contributed by atoms with Crippen LogP contribution >= 0.6 is 0 Å². The molecule has 2 N–H and O–H groups in total. The van der Waals surface area contributed by atoms with Gasteiger partial charge in [-0.3, -0.25) is 0 Å². The van der Waals surface area contributed by atoms with E-state index in [1.165, 1.54) is 11.1 Å². The summed E-state index contributed by atoms with van der Waals surface area (Å²) in [5.41, 5.74) is 8.06. The average molecular weight is 236 g/mol. The molecule has 0 unspecified atom stereocenters. The van der Waals surface area contributed by atoms with Gasteiger partial charge in [0, 0.05) is 6.54 Å². The number of benzene rings is 1. The second-order valence-corrected chi connectivity index (χ2v) is 4.50. The van der Waals surface area contributed by atoms with Gasteiger partial charge in [0.25, 0.3) is 0 Å². The fourth-order valence-corrected chi connectivity index (χ4v) is 1.89. The van der Waals surface area contributed by atoms with E-state index < -0.39 is 0 Å². The van der Waals surface area contributed by atoms with Gasteiger partial charge in [0.15, 0.2) is 0 Å². The van der Waals surface area contributed by atoms with Crippen LogP contribution in [0.1, 0.15) is 17.5 Å².